The molecule has 0 aliphatic carbocycles. The summed E-state index contributed by atoms with van der Waals surface area (Å²) < 4.78 is 38.7. The number of hydrogen-bond acceptors (Lipinski definition) is 2. The lowest BCUT2D eigenvalue weighted by Gasteiger charge is -2.43. The van der Waals surface area contributed by atoms with E-state index in [2.05, 4.69) is 24.1 Å². The number of nitrogens with zero attached hydrogens (tertiary/aromatic N) is 1. The van der Waals surface area contributed by atoms with Crippen LogP contribution in [0.15, 0.2) is 0 Å². The van der Waals surface area contributed by atoms with Crippen molar-refractivity contribution in [3.63, 3.8) is 0 Å². The van der Waals surface area contributed by atoms with E-state index in [0.717, 1.165) is 6.54 Å². The molecule has 1 rings (SSSR count). The fourth-order valence-corrected chi connectivity index (χ4v) is 2.31. The summed E-state index contributed by atoms with van der Waals surface area (Å²) in [6, 6.07) is 0. The molecule has 0 saturated carbocycles. The van der Waals surface area contributed by atoms with E-state index in [4.69, 9.17) is 0 Å². The Bertz CT molecular complexity index is 218. The van der Waals surface area contributed by atoms with Crippen molar-refractivity contribution in [3.05, 3.63) is 0 Å². The van der Waals surface area contributed by atoms with Crippen molar-refractivity contribution in [1.82, 2.24) is 10.2 Å². The molecule has 0 aromatic carbocycles. The zero-order valence-electron chi connectivity index (χ0n) is 10.2. The highest BCUT2D eigenvalue weighted by Crippen LogP contribution is 2.38. The van der Waals surface area contributed by atoms with Crippen LogP contribution in [0.5, 0.6) is 0 Å². The molecule has 0 bridgehead atoms. The number of halogens is 3. The van der Waals surface area contributed by atoms with Crippen LogP contribution in [-0.2, 0) is 0 Å². The number of piperidine rings is 1. The third kappa shape index (κ3) is 2.88. The van der Waals surface area contributed by atoms with E-state index in [0.29, 0.717) is 19.0 Å². The molecular formula is C11H21F3N2. The highest BCUT2D eigenvalue weighted by atomic mass is 19.4. The van der Waals surface area contributed by atoms with Crippen molar-refractivity contribution >= 4 is 0 Å². The van der Waals surface area contributed by atoms with E-state index in [9.17, 15) is 13.2 Å². The third-order valence-corrected chi connectivity index (χ3v) is 3.35. The third-order valence-electron chi connectivity index (χ3n) is 3.35. The van der Waals surface area contributed by atoms with Crippen LogP contribution in [0.1, 0.15) is 26.7 Å². The van der Waals surface area contributed by atoms with Crippen LogP contribution in [0.3, 0.4) is 0 Å². The molecule has 1 fully saturated rings. The lowest BCUT2D eigenvalue weighted by molar-refractivity contribution is -0.207. The van der Waals surface area contributed by atoms with Gasteiger partial charge in [-0.2, -0.15) is 13.2 Å². The van der Waals surface area contributed by atoms with Crippen molar-refractivity contribution in [2.45, 2.75) is 38.4 Å². The predicted molar refractivity (Wildman–Crippen MR) is 58.4 cm³/mol. The first kappa shape index (κ1) is 13.8. The van der Waals surface area contributed by atoms with Crippen molar-refractivity contribution in [3.8, 4) is 0 Å². The minimum absolute atomic E-state index is 0.153. The van der Waals surface area contributed by atoms with Crippen LogP contribution >= 0.6 is 0 Å². The molecule has 5 heteroatoms. The summed E-state index contributed by atoms with van der Waals surface area (Å²) in [5.41, 5.74) is -1.67. The molecular weight excluding hydrogens is 217 g/mol. The second-order valence-electron chi connectivity index (χ2n) is 5.02. The summed E-state index contributed by atoms with van der Waals surface area (Å²) in [6.07, 6.45) is -3.84. The standard InChI is InChI=1S/C11H21F3N2/c1-9(2)8-16-6-4-10(15-3,5-7-16)11(12,13)14/h9,15H,4-8H2,1-3H3. The molecule has 2 nitrogen and oxygen atoms in total. The molecule has 16 heavy (non-hydrogen) atoms. The fourth-order valence-electron chi connectivity index (χ4n) is 2.31. The lowest BCUT2D eigenvalue weighted by atomic mass is 9.86. The SMILES string of the molecule is CNC1(C(F)(F)F)CCN(CC(C)C)CC1. The Kier molecular flexibility index (Phi) is 4.23. The first-order chi connectivity index (χ1) is 7.31. The maximum absolute atomic E-state index is 12.9. The van der Waals surface area contributed by atoms with Gasteiger partial charge >= 0.3 is 6.18 Å². The van der Waals surface area contributed by atoms with Crippen LogP contribution in [0.2, 0.25) is 0 Å². The van der Waals surface area contributed by atoms with Gasteiger partial charge in [-0.15, -0.1) is 0 Å². The van der Waals surface area contributed by atoms with E-state index >= 15 is 0 Å². The van der Waals surface area contributed by atoms with E-state index < -0.39 is 11.7 Å². The van der Waals surface area contributed by atoms with Gasteiger partial charge in [-0.3, -0.25) is 0 Å². The molecule has 0 amide bonds. The average Bonchev–Trinajstić information content (AvgIpc) is 2.16. The topological polar surface area (TPSA) is 15.3 Å². The van der Waals surface area contributed by atoms with E-state index in [1.807, 2.05) is 0 Å². The molecule has 1 aliphatic rings. The Morgan fingerprint density at radius 1 is 1.25 bits per heavy atom. The summed E-state index contributed by atoms with van der Waals surface area (Å²) >= 11 is 0. The van der Waals surface area contributed by atoms with Gasteiger partial charge in [0.2, 0.25) is 0 Å². The molecule has 0 atom stereocenters. The molecule has 1 heterocycles. The van der Waals surface area contributed by atoms with Gasteiger partial charge in [-0.1, -0.05) is 13.8 Å². The molecule has 0 aromatic rings. The Balaban J connectivity index is 2.58. The summed E-state index contributed by atoms with van der Waals surface area (Å²) in [5, 5.41) is 2.48. The van der Waals surface area contributed by atoms with Crippen LogP contribution in [-0.4, -0.2) is 43.3 Å². The zero-order chi connectivity index (χ0) is 12.4. The quantitative estimate of drug-likeness (QED) is 0.811. The number of likely N-dealkylation sites (tertiary alicyclic amines) is 1. The highest BCUT2D eigenvalue weighted by Gasteiger charge is 2.54. The maximum Gasteiger partial charge on any atom is 0.406 e. The Morgan fingerprint density at radius 3 is 2.06 bits per heavy atom. The summed E-state index contributed by atoms with van der Waals surface area (Å²) in [4.78, 5) is 2.12. The molecule has 0 spiro atoms. The first-order valence-corrected chi connectivity index (χ1v) is 5.79. The summed E-state index contributed by atoms with van der Waals surface area (Å²) in [5.74, 6) is 0.507. The Hall–Kier alpha value is -0.290. The smallest absolute Gasteiger partial charge is 0.307 e. The van der Waals surface area contributed by atoms with Crippen LogP contribution < -0.4 is 5.32 Å². The van der Waals surface area contributed by atoms with Crippen LogP contribution in [0, 0.1) is 5.92 Å². The van der Waals surface area contributed by atoms with Gasteiger partial charge in [0, 0.05) is 19.6 Å². The molecule has 1 N–H and O–H groups in total. The number of hydrogen-bond donors (Lipinski definition) is 1. The molecule has 0 unspecified atom stereocenters. The summed E-state index contributed by atoms with van der Waals surface area (Å²) in [6.45, 7) is 6.11. The molecule has 1 saturated heterocycles. The molecule has 96 valence electrons. The van der Waals surface area contributed by atoms with Crippen LogP contribution in [0.4, 0.5) is 13.2 Å². The Labute approximate surface area is 95.2 Å². The maximum atomic E-state index is 12.9. The molecule has 0 radical (unpaired) electrons. The predicted octanol–water partition coefficient (Wildman–Crippen LogP) is 2.26. The van der Waals surface area contributed by atoms with Gasteiger partial charge in [0.05, 0.1) is 0 Å². The van der Waals surface area contributed by atoms with E-state index in [1.54, 1.807) is 0 Å². The molecule has 1 aliphatic heterocycles. The summed E-state index contributed by atoms with van der Waals surface area (Å²) in [7, 11) is 1.41. The van der Waals surface area contributed by atoms with Gasteiger partial charge in [0.25, 0.3) is 0 Å². The minimum Gasteiger partial charge on any atom is -0.307 e. The van der Waals surface area contributed by atoms with Crippen molar-refractivity contribution < 1.29 is 13.2 Å². The number of rotatable bonds is 3. The van der Waals surface area contributed by atoms with Crippen molar-refractivity contribution in [2.24, 2.45) is 5.92 Å². The van der Waals surface area contributed by atoms with E-state index in [-0.39, 0.29) is 12.8 Å². The zero-order valence-corrected chi connectivity index (χ0v) is 10.2. The second kappa shape index (κ2) is 4.92. The average molecular weight is 238 g/mol. The monoisotopic (exact) mass is 238 g/mol. The van der Waals surface area contributed by atoms with Gasteiger partial charge in [-0.05, 0) is 25.8 Å². The van der Waals surface area contributed by atoms with Crippen molar-refractivity contribution in [2.75, 3.05) is 26.7 Å². The minimum atomic E-state index is -4.15. The normalized spacial score (nSPS) is 22.7. The molecule has 0 aromatic heterocycles. The lowest BCUT2D eigenvalue weighted by Crippen LogP contribution is -2.61. The first-order valence-electron chi connectivity index (χ1n) is 5.79. The van der Waals surface area contributed by atoms with Gasteiger partial charge in [0.15, 0.2) is 0 Å². The van der Waals surface area contributed by atoms with Gasteiger partial charge < -0.3 is 10.2 Å². The van der Waals surface area contributed by atoms with Crippen LogP contribution in [0.25, 0.3) is 0 Å². The number of nitrogens with one attached hydrogen (secondary N) is 1. The fraction of sp³-hybridized carbons (Fsp3) is 1.00. The van der Waals surface area contributed by atoms with E-state index in [1.165, 1.54) is 7.05 Å². The Morgan fingerprint density at radius 2 is 1.75 bits per heavy atom. The largest absolute Gasteiger partial charge is 0.406 e. The van der Waals surface area contributed by atoms with Gasteiger partial charge in [-0.25, -0.2) is 0 Å². The van der Waals surface area contributed by atoms with Gasteiger partial charge in [0.1, 0.15) is 5.54 Å². The second-order valence-corrected chi connectivity index (χ2v) is 5.02. The van der Waals surface area contributed by atoms with Crippen molar-refractivity contribution in [1.29, 1.82) is 0 Å². The number of alkyl halides is 3. The highest BCUT2D eigenvalue weighted by molar-refractivity contribution is 4.98.